The highest BCUT2D eigenvalue weighted by Gasteiger charge is 2.31. The van der Waals surface area contributed by atoms with Gasteiger partial charge in [-0.25, -0.2) is 0 Å². The Labute approximate surface area is 131 Å². The molecule has 1 aromatic rings. The quantitative estimate of drug-likeness (QED) is 0.853. The average Bonchev–Trinajstić information content (AvgIpc) is 2.55. The van der Waals surface area contributed by atoms with Crippen molar-refractivity contribution in [3.63, 3.8) is 0 Å². The second-order valence-corrected chi connectivity index (χ2v) is 6.20. The second-order valence-electron chi connectivity index (χ2n) is 6.20. The van der Waals surface area contributed by atoms with Gasteiger partial charge < -0.3 is 15.1 Å². The Bertz CT molecular complexity index is 550. The van der Waals surface area contributed by atoms with Crippen molar-refractivity contribution in [2.24, 2.45) is 0 Å². The van der Waals surface area contributed by atoms with Gasteiger partial charge in [0.15, 0.2) is 0 Å². The Hall–Kier alpha value is -1.88. The number of likely N-dealkylation sites (N-methyl/N-ethyl adjacent to an activating group) is 1. The molecule has 1 N–H and O–H groups in total. The molecule has 0 saturated carbocycles. The first-order valence-corrected chi connectivity index (χ1v) is 8.04. The van der Waals surface area contributed by atoms with Gasteiger partial charge in [0.05, 0.1) is 0 Å². The summed E-state index contributed by atoms with van der Waals surface area (Å²) in [7, 11) is 1.66. The number of hydrogen-bond donors (Lipinski definition) is 1. The van der Waals surface area contributed by atoms with E-state index in [1.54, 1.807) is 11.9 Å². The van der Waals surface area contributed by atoms with Crippen LogP contribution in [-0.4, -0.2) is 49.4 Å². The summed E-state index contributed by atoms with van der Waals surface area (Å²) in [6.45, 7) is 2.25. The maximum atomic E-state index is 12.1. The third kappa shape index (κ3) is 3.14. The number of benzene rings is 1. The van der Waals surface area contributed by atoms with Gasteiger partial charge in [0.1, 0.15) is 0 Å². The van der Waals surface area contributed by atoms with E-state index in [0.717, 1.165) is 18.7 Å². The summed E-state index contributed by atoms with van der Waals surface area (Å²) < 4.78 is 0. The molecular weight excluding hydrogens is 278 g/mol. The van der Waals surface area contributed by atoms with E-state index < -0.39 is 11.8 Å². The van der Waals surface area contributed by atoms with Crippen LogP contribution in [0.3, 0.4) is 0 Å². The summed E-state index contributed by atoms with van der Waals surface area (Å²) in [5.41, 5.74) is 2.09. The molecule has 1 unspecified atom stereocenters. The minimum Gasteiger partial charge on any atom is -0.336 e. The van der Waals surface area contributed by atoms with Crippen LogP contribution in [-0.2, 0) is 16.0 Å². The molecule has 0 spiro atoms. The van der Waals surface area contributed by atoms with E-state index in [1.165, 1.54) is 29.7 Å². The predicted octanol–water partition coefficient (Wildman–Crippen LogP) is 1.18. The fourth-order valence-electron chi connectivity index (χ4n) is 3.17. The monoisotopic (exact) mass is 301 g/mol. The lowest BCUT2D eigenvalue weighted by Gasteiger charge is -2.31. The fourth-order valence-corrected chi connectivity index (χ4v) is 3.17. The van der Waals surface area contributed by atoms with Crippen molar-refractivity contribution in [1.29, 1.82) is 0 Å². The number of piperidine rings is 1. The van der Waals surface area contributed by atoms with E-state index in [2.05, 4.69) is 17.4 Å². The standard InChI is InChI=1S/C17H23N3O2/c1-19-10-11-20(17(22)16(19)21)15-7-5-13(6-8-15)12-14-4-2-3-9-18-14/h5-8,14,18H,2-4,9-12H2,1H3. The zero-order valence-electron chi connectivity index (χ0n) is 13.0. The van der Waals surface area contributed by atoms with E-state index in [9.17, 15) is 9.59 Å². The Kier molecular flexibility index (Phi) is 4.43. The number of nitrogens with one attached hydrogen (secondary N) is 1. The molecule has 2 aliphatic heterocycles. The summed E-state index contributed by atoms with van der Waals surface area (Å²) in [6, 6.07) is 8.61. The minimum atomic E-state index is -0.435. The first-order chi connectivity index (χ1) is 10.6. The van der Waals surface area contributed by atoms with Gasteiger partial charge in [-0.05, 0) is 43.5 Å². The molecule has 2 heterocycles. The van der Waals surface area contributed by atoms with E-state index in [0.29, 0.717) is 19.1 Å². The number of anilines is 1. The third-order valence-corrected chi connectivity index (χ3v) is 4.58. The van der Waals surface area contributed by atoms with Crippen molar-refractivity contribution in [2.45, 2.75) is 31.7 Å². The Morgan fingerprint density at radius 2 is 1.86 bits per heavy atom. The molecule has 1 atom stereocenters. The number of amides is 2. The maximum Gasteiger partial charge on any atom is 0.316 e. The predicted molar refractivity (Wildman–Crippen MR) is 85.8 cm³/mol. The third-order valence-electron chi connectivity index (χ3n) is 4.58. The summed E-state index contributed by atoms with van der Waals surface area (Å²) in [4.78, 5) is 26.9. The molecular formula is C17H23N3O2. The summed E-state index contributed by atoms with van der Waals surface area (Å²) in [5.74, 6) is -0.864. The minimum absolute atomic E-state index is 0.429. The zero-order chi connectivity index (χ0) is 15.5. The average molecular weight is 301 g/mol. The molecule has 5 nitrogen and oxygen atoms in total. The van der Waals surface area contributed by atoms with E-state index in [4.69, 9.17) is 0 Å². The van der Waals surface area contributed by atoms with Gasteiger partial charge in [0.2, 0.25) is 0 Å². The van der Waals surface area contributed by atoms with Crippen molar-refractivity contribution >= 4 is 17.5 Å². The molecule has 2 saturated heterocycles. The lowest BCUT2D eigenvalue weighted by molar-refractivity contribution is -0.145. The Morgan fingerprint density at radius 1 is 1.09 bits per heavy atom. The first kappa shape index (κ1) is 15.0. The number of piperazine rings is 1. The smallest absolute Gasteiger partial charge is 0.316 e. The molecule has 0 radical (unpaired) electrons. The van der Waals surface area contributed by atoms with Crippen LogP contribution in [0.4, 0.5) is 5.69 Å². The van der Waals surface area contributed by atoms with Crippen LogP contribution in [0.5, 0.6) is 0 Å². The van der Waals surface area contributed by atoms with Gasteiger partial charge in [-0.2, -0.15) is 0 Å². The maximum absolute atomic E-state index is 12.1. The highest BCUT2D eigenvalue weighted by molar-refractivity contribution is 6.40. The van der Waals surface area contributed by atoms with Crippen molar-refractivity contribution < 1.29 is 9.59 Å². The number of carbonyl (C=O) groups excluding carboxylic acids is 2. The summed E-state index contributed by atoms with van der Waals surface area (Å²) >= 11 is 0. The lowest BCUT2D eigenvalue weighted by Crippen LogP contribution is -2.53. The van der Waals surface area contributed by atoms with E-state index in [1.807, 2.05) is 12.1 Å². The topological polar surface area (TPSA) is 52.6 Å². The van der Waals surface area contributed by atoms with Gasteiger partial charge in [-0.3, -0.25) is 9.59 Å². The van der Waals surface area contributed by atoms with Gasteiger partial charge in [-0.15, -0.1) is 0 Å². The van der Waals surface area contributed by atoms with Crippen LogP contribution in [0.15, 0.2) is 24.3 Å². The highest BCUT2D eigenvalue weighted by atomic mass is 16.2. The van der Waals surface area contributed by atoms with Crippen LogP contribution >= 0.6 is 0 Å². The molecule has 3 rings (SSSR count). The van der Waals surface area contributed by atoms with Crippen LogP contribution in [0.25, 0.3) is 0 Å². The molecule has 1 aromatic carbocycles. The molecule has 2 amide bonds. The molecule has 0 aromatic heterocycles. The normalized spacial score (nSPS) is 23.0. The van der Waals surface area contributed by atoms with Gasteiger partial charge in [0, 0.05) is 31.9 Å². The first-order valence-electron chi connectivity index (χ1n) is 8.04. The van der Waals surface area contributed by atoms with E-state index >= 15 is 0 Å². The zero-order valence-corrected chi connectivity index (χ0v) is 13.0. The van der Waals surface area contributed by atoms with Gasteiger partial charge in [0.25, 0.3) is 0 Å². The Morgan fingerprint density at radius 3 is 2.55 bits per heavy atom. The molecule has 2 fully saturated rings. The Balaban J connectivity index is 1.66. The lowest BCUT2D eigenvalue weighted by atomic mass is 9.97. The highest BCUT2D eigenvalue weighted by Crippen LogP contribution is 2.20. The molecule has 0 bridgehead atoms. The molecule has 5 heteroatoms. The largest absolute Gasteiger partial charge is 0.336 e. The van der Waals surface area contributed by atoms with Gasteiger partial charge >= 0.3 is 11.8 Å². The summed E-state index contributed by atoms with van der Waals surface area (Å²) in [5, 5.41) is 3.55. The number of carbonyl (C=O) groups is 2. The van der Waals surface area contributed by atoms with Crippen LogP contribution in [0.1, 0.15) is 24.8 Å². The van der Waals surface area contributed by atoms with Crippen molar-refractivity contribution in [3.05, 3.63) is 29.8 Å². The molecule has 2 aliphatic rings. The summed E-state index contributed by atoms with van der Waals surface area (Å²) in [6.07, 6.45) is 4.83. The number of rotatable bonds is 3. The van der Waals surface area contributed by atoms with Crippen molar-refractivity contribution in [3.8, 4) is 0 Å². The molecule has 0 aliphatic carbocycles. The van der Waals surface area contributed by atoms with Crippen LogP contribution < -0.4 is 10.2 Å². The number of hydrogen-bond acceptors (Lipinski definition) is 3. The van der Waals surface area contributed by atoms with Crippen molar-refractivity contribution in [2.75, 3.05) is 31.6 Å². The van der Waals surface area contributed by atoms with Crippen LogP contribution in [0.2, 0.25) is 0 Å². The SMILES string of the molecule is CN1CCN(c2ccc(CC3CCCCN3)cc2)C(=O)C1=O. The fraction of sp³-hybridized carbons (Fsp3) is 0.529. The second kappa shape index (κ2) is 6.48. The van der Waals surface area contributed by atoms with Crippen molar-refractivity contribution in [1.82, 2.24) is 10.2 Å². The molecule has 118 valence electrons. The number of nitrogens with zero attached hydrogens (tertiary/aromatic N) is 2. The van der Waals surface area contributed by atoms with E-state index in [-0.39, 0.29) is 0 Å². The van der Waals surface area contributed by atoms with Gasteiger partial charge in [-0.1, -0.05) is 18.6 Å². The molecule has 22 heavy (non-hydrogen) atoms. The van der Waals surface area contributed by atoms with Crippen LogP contribution in [0, 0.1) is 0 Å².